The zero-order valence-corrected chi connectivity index (χ0v) is 12.1. The Morgan fingerprint density at radius 2 is 1.85 bits per heavy atom. The molecule has 8 nitrogen and oxygen atoms in total. The fourth-order valence-electron chi connectivity index (χ4n) is 1.92. The summed E-state index contributed by atoms with van der Waals surface area (Å²) in [6.07, 6.45) is 0. The Labute approximate surface area is 118 Å². The van der Waals surface area contributed by atoms with E-state index in [2.05, 4.69) is 16.0 Å². The average molecular weight is 285 g/mol. The molecule has 8 heteroatoms. The first-order chi connectivity index (χ1) is 9.52. The Morgan fingerprint density at radius 1 is 1.20 bits per heavy atom. The second kappa shape index (κ2) is 8.49. The number of amides is 4. The minimum atomic E-state index is -0.515. The van der Waals surface area contributed by atoms with Gasteiger partial charge in [-0.3, -0.25) is 19.8 Å². The van der Waals surface area contributed by atoms with E-state index < -0.39 is 11.9 Å². The maximum absolute atomic E-state index is 12.0. The molecule has 0 saturated carbocycles. The number of likely N-dealkylation sites (N-methyl/N-ethyl adjacent to an activating group) is 1. The standard InChI is InChI=1S/C12H23N5O3/c1-3-14-12(20)15-10(18)8-16(2)9-11(19)17-6-4-13-5-7-17/h13H,3-9H2,1-2H3,(H2,14,15,18,20). The number of carbonyl (C=O) groups is 3. The van der Waals surface area contributed by atoms with Gasteiger partial charge in [0.2, 0.25) is 11.8 Å². The zero-order valence-electron chi connectivity index (χ0n) is 12.1. The fourth-order valence-corrected chi connectivity index (χ4v) is 1.92. The summed E-state index contributed by atoms with van der Waals surface area (Å²) >= 11 is 0. The van der Waals surface area contributed by atoms with Gasteiger partial charge in [-0.25, -0.2) is 4.79 Å². The molecular weight excluding hydrogens is 262 g/mol. The molecule has 0 aromatic heterocycles. The summed E-state index contributed by atoms with van der Waals surface area (Å²) in [5, 5.41) is 7.84. The summed E-state index contributed by atoms with van der Waals surface area (Å²) in [4.78, 5) is 38.0. The normalized spacial score (nSPS) is 15.1. The highest BCUT2D eigenvalue weighted by molar-refractivity contribution is 5.95. The van der Waals surface area contributed by atoms with E-state index in [1.165, 1.54) is 0 Å². The van der Waals surface area contributed by atoms with Crippen molar-refractivity contribution in [2.24, 2.45) is 0 Å². The molecule has 114 valence electrons. The molecule has 0 radical (unpaired) electrons. The minimum absolute atomic E-state index is 0.000176. The molecular formula is C12H23N5O3. The Bertz CT molecular complexity index is 355. The van der Waals surface area contributed by atoms with Crippen LogP contribution in [0.1, 0.15) is 6.92 Å². The molecule has 1 aliphatic rings. The SMILES string of the molecule is CCNC(=O)NC(=O)CN(C)CC(=O)N1CCNCC1. The van der Waals surface area contributed by atoms with E-state index in [0.29, 0.717) is 19.6 Å². The molecule has 0 unspecified atom stereocenters. The van der Waals surface area contributed by atoms with E-state index >= 15 is 0 Å². The average Bonchev–Trinajstić information content (AvgIpc) is 2.39. The van der Waals surface area contributed by atoms with E-state index in [9.17, 15) is 14.4 Å². The molecule has 1 fully saturated rings. The molecule has 3 N–H and O–H groups in total. The number of carbonyl (C=O) groups excluding carboxylic acids is 3. The van der Waals surface area contributed by atoms with Gasteiger partial charge in [-0.1, -0.05) is 0 Å². The van der Waals surface area contributed by atoms with Crippen molar-refractivity contribution in [2.45, 2.75) is 6.92 Å². The lowest BCUT2D eigenvalue weighted by Crippen LogP contribution is -2.50. The third-order valence-corrected chi connectivity index (χ3v) is 2.88. The minimum Gasteiger partial charge on any atom is -0.339 e. The maximum atomic E-state index is 12.0. The zero-order chi connectivity index (χ0) is 15.0. The van der Waals surface area contributed by atoms with Crippen LogP contribution in [-0.2, 0) is 9.59 Å². The van der Waals surface area contributed by atoms with Gasteiger partial charge in [-0.15, -0.1) is 0 Å². The van der Waals surface area contributed by atoms with Crippen LogP contribution in [0.5, 0.6) is 0 Å². The monoisotopic (exact) mass is 285 g/mol. The van der Waals surface area contributed by atoms with Crippen molar-refractivity contribution in [1.82, 2.24) is 25.8 Å². The van der Waals surface area contributed by atoms with Gasteiger partial charge in [-0.2, -0.15) is 0 Å². The highest BCUT2D eigenvalue weighted by atomic mass is 16.2. The van der Waals surface area contributed by atoms with Crippen LogP contribution in [-0.4, -0.2) is 80.5 Å². The number of nitrogens with zero attached hydrogens (tertiary/aromatic N) is 2. The van der Waals surface area contributed by atoms with E-state index in [1.54, 1.807) is 23.8 Å². The Kier molecular flexibility index (Phi) is 6.96. The van der Waals surface area contributed by atoms with E-state index in [-0.39, 0.29) is 19.0 Å². The lowest BCUT2D eigenvalue weighted by molar-refractivity contribution is -0.133. The van der Waals surface area contributed by atoms with E-state index in [1.807, 2.05) is 0 Å². The summed E-state index contributed by atoms with van der Waals surface area (Å²) in [5.41, 5.74) is 0. The molecule has 20 heavy (non-hydrogen) atoms. The first-order valence-electron chi connectivity index (χ1n) is 6.77. The van der Waals surface area contributed by atoms with Gasteiger partial charge in [0.15, 0.2) is 0 Å². The quantitative estimate of drug-likeness (QED) is 0.554. The summed E-state index contributed by atoms with van der Waals surface area (Å²) < 4.78 is 0. The lowest BCUT2D eigenvalue weighted by Gasteiger charge is -2.29. The van der Waals surface area contributed by atoms with Crippen molar-refractivity contribution < 1.29 is 14.4 Å². The number of rotatable bonds is 5. The fraction of sp³-hybridized carbons (Fsp3) is 0.750. The second-order valence-electron chi connectivity index (χ2n) is 4.71. The van der Waals surface area contributed by atoms with Crippen molar-refractivity contribution in [2.75, 3.05) is 52.9 Å². The topological polar surface area (TPSA) is 93.8 Å². The summed E-state index contributed by atoms with van der Waals surface area (Å²) in [7, 11) is 1.68. The highest BCUT2D eigenvalue weighted by Gasteiger charge is 2.19. The third-order valence-electron chi connectivity index (χ3n) is 2.88. The second-order valence-corrected chi connectivity index (χ2v) is 4.71. The van der Waals surface area contributed by atoms with Gasteiger partial charge in [-0.05, 0) is 14.0 Å². The molecule has 0 spiro atoms. The van der Waals surface area contributed by atoms with Gasteiger partial charge in [0.1, 0.15) is 0 Å². The van der Waals surface area contributed by atoms with Crippen molar-refractivity contribution in [3.05, 3.63) is 0 Å². The predicted molar refractivity (Wildman–Crippen MR) is 74.2 cm³/mol. The Morgan fingerprint density at radius 3 is 2.45 bits per heavy atom. The van der Waals surface area contributed by atoms with Crippen molar-refractivity contribution in [3.8, 4) is 0 Å². The van der Waals surface area contributed by atoms with Crippen LogP contribution in [0.15, 0.2) is 0 Å². The molecule has 0 aromatic rings. The summed E-state index contributed by atoms with van der Waals surface area (Å²) in [6, 6.07) is -0.515. The number of hydrogen-bond donors (Lipinski definition) is 3. The molecule has 1 saturated heterocycles. The van der Waals surface area contributed by atoms with Crippen molar-refractivity contribution in [1.29, 1.82) is 0 Å². The van der Waals surface area contributed by atoms with Crippen LogP contribution in [0.25, 0.3) is 0 Å². The molecule has 1 rings (SSSR count). The van der Waals surface area contributed by atoms with Crippen molar-refractivity contribution >= 4 is 17.8 Å². The summed E-state index contributed by atoms with van der Waals surface area (Å²) in [6.45, 7) is 5.38. The van der Waals surface area contributed by atoms with Gasteiger partial charge in [0.05, 0.1) is 13.1 Å². The van der Waals surface area contributed by atoms with Crippen LogP contribution < -0.4 is 16.0 Å². The van der Waals surface area contributed by atoms with Gasteiger partial charge in [0.25, 0.3) is 0 Å². The smallest absolute Gasteiger partial charge is 0.321 e. The highest BCUT2D eigenvalue weighted by Crippen LogP contribution is 1.95. The molecule has 0 atom stereocenters. The molecule has 1 heterocycles. The Hall–Kier alpha value is -1.67. The number of piperazine rings is 1. The van der Waals surface area contributed by atoms with E-state index in [0.717, 1.165) is 13.1 Å². The van der Waals surface area contributed by atoms with E-state index in [4.69, 9.17) is 0 Å². The first-order valence-corrected chi connectivity index (χ1v) is 6.77. The van der Waals surface area contributed by atoms with Crippen LogP contribution in [0.2, 0.25) is 0 Å². The number of hydrogen-bond acceptors (Lipinski definition) is 5. The van der Waals surface area contributed by atoms with Crippen molar-refractivity contribution in [3.63, 3.8) is 0 Å². The maximum Gasteiger partial charge on any atom is 0.321 e. The summed E-state index contributed by atoms with van der Waals surface area (Å²) in [5.74, 6) is -0.425. The van der Waals surface area contributed by atoms with Crippen LogP contribution in [0.4, 0.5) is 4.79 Å². The third kappa shape index (κ3) is 5.98. The lowest BCUT2D eigenvalue weighted by atomic mass is 10.3. The largest absolute Gasteiger partial charge is 0.339 e. The van der Waals surface area contributed by atoms with Crippen LogP contribution in [0, 0.1) is 0 Å². The number of imide groups is 1. The predicted octanol–water partition coefficient (Wildman–Crippen LogP) is -1.80. The molecule has 4 amide bonds. The number of urea groups is 1. The van der Waals surface area contributed by atoms with Crippen LogP contribution >= 0.6 is 0 Å². The Balaban J connectivity index is 2.27. The molecule has 0 aromatic carbocycles. The number of nitrogens with one attached hydrogen (secondary N) is 3. The van der Waals surface area contributed by atoms with Gasteiger partial charge in [0, 0.05) is 32.7 Å². The molecule has 0 aliphatic carbocycles. The van der Waals surface area contributed by atoms with Gasteiger partial charge < -0.3 is 15.5 Å². The molecule has 1 aliphatic heterocycles. The van der Waals surface area contributed by atoms with Gasteiger partial charge >= 0.3 is 6.03 Å². The van der Waals surface area contributed by atoms with Crippen LogP contribution in [0.3, 0.4) is 0 Å². The first kappa shape index (κ1) is 16.4. The molecule has 0 bridgehead atoms.